The van der Waals surface area contributed by atoms with Gasteiger partial charge >= 0.3 is 0 Å². The molecule has 142 valence electrons. The molecule has 6 nitrogen and oxygen atoms in total. The molecule has 0 amide bonds. The van der Waals surface area contributed by atoms with Crippen LogP contribution in [0.3, 0.4) is 0 Å². The normalized spacial score (nSPS) is 14.5. The van der Waals surface area contributed by atoms with Crippen molar-refractivity contribution in [1.29, 1.82) is 5.26 Å². The summed E-state index contributed by atoms with van der Waals surface area (Å²) in [5.41, 5.74) is 4.64. The molecule has 0 atom stereocenters. The van der Waals surface area contributed by atoms with Crippen LogP contribution in [0.5, 0.6) is 5.75 Å². The number of pyridine rings is 1. The summed E-state index contributed by atoms with van der Waals surface area (Å²) in [7, 11) is 0. The summed E-state index contributed by atoms with van der Waals surface area (Å²) in [5.74, 6) is 1.22. The maximum absolute atomic E-state index is 9.59. The van der Waals surface area contributed by atoms with Crippen molar-refractivity contribution in [3.05, 3.63) is 65.7 Å². The summed E-state index contributed by atoms with van der Waals surface area (Å²) in [6.07, 6.45) is 8.44. The fourth-order valence-corrected chi connectivity index (χ4v) is 3.52. The van der Waals surface area contributed by atoms with Gasteiger partial charge in [0.25, 0.3) is 0 Å². The van der Waals surface area contributed by atoms with Crippen molar-refractivity contribution in [1.82, 2.24) is 20.5 Å². The lowest BCUT2D eigenvalue weighted by molar-refractivity contribution is 0.215. The number of hydrogen-bond donors (Lipinski definition) is 2. The van der Waals surface area contributed by atoms with E-state index in [1.165, 1.54) is 0 Å². The lowest BCUT2D eigenvalue weighted by Gasteiger charge is -2.23. The van der Waals surface area contributed by atoms with E-state index in [9.17, 15) is 5.26 Å². The molecule has 3 heterocycles. The Morgan fingerprint density at radius 1 is 1.14 bits per heavy atom. The van der Waals surface area contributed by atoms with E-state index in [1.807, 2.05) is 30.5 Å². The van der Waals surface area contributed by atoms with Crippen molar-refractivity contribution in [3.8, 4) is 22.9 Å². The van der Waals surface area contributed by atoms with Gasteiger partial charge in [-0.25, -0.2) is 0 Å². The Hall–Kier alpha value is -3.17. The molecule has 0 bridgehead atoms. The highest BCUT2D eigenvalue weighted by Gasteiger charge is 2.15. The molecule has 1 fully saturated rings. The van der Waals surface area contributed by atoms with Crippen LogP contribution in [0.15, 0.2) is 48.9 Å². The van der Waals surface area contributed by atoms with Gasteiger partial charge < -0.3 is 10.1 Å². The number of nitriles is 1. The number of rotatable bonds is 6. The van der Waals surface area contributed by atoms with Crippen molar-refractivity contribution < 1.29 is 4.74 Å². The van der Waals surface area contributed by atoms with Gasteiger partial charge in [-0.1, -0.05) is 6.07 Å². The number of aromatic amines is 1. The highest BCUT2D eigenvalue weighted by molar-refractivity contribution is 5.67. The van der Waals surface area contributed by atoms with E-state index < -0.39 is 0 Å². The molecular formula is C22H23N5O. The van der Waals surface area contributed by atoms with Gasteiger partial charge in [-0.3, -0.25) is 10.1 Å². The fourth-order valence-electron chi connectivity index (χ4n) is 3.52. The highest BCUT2D eigenvalue weighted by Crippen LogP contribution is 2.28. The molecule has 4 rings (SSSR count). The van der Waals surface area contributed by atoms with E-state index in [2.05, 4.69) is 32.6 Å². The maximum Gasteiger partial charge on any atom is 0.137 e. The molecule has 0 saturated carbocycles. The average Bonchev–Trinajstić information content (AvgIpc) is 3.26. The summed E-state index contributed by atoms with van der Waals surface area (Å²) in [6.45, 7) is 2.75. The number of ether oxygens (including phenoxy) is 1. The number of hydrogen-bond acceptors (Lipinski definition) is 5. The average molecular weight is 373 g/mol. The van der Waals surface area contributed by atoms with Crippen molar-refractivity contribution in [2.24, 2.45) is 5.92 Å². The van der Waals surface area contributed by atoms with Crippen LogP contribution in [0.4, 0.5) is 0 Å². The highest BCUT2D eigenvalue weighted by atomic mass is 16.5. The van der Waals surface area contributed by atoms with Crippen LogP contribution in [-0.4, -0.2) is 34.9 Å². The first-order chi connectivity index (χ1) is 13.8. The van der Waals surface area contributed by atoms with Gasteiger partial charge in [0, 0.05) is 24.5 Å². The second-order valence-electron chi connectivity index (χ2n) is 7.15. The molecular weight excluding hydrogens is 350 g/mol. The van der Waals surface area contributed by atoms with Crippen LogP contribution in [-0.2, 0) is 6.42 Å². The van der Waals surface area contributed by atoms with Gasteiger partial charge in [-0.05, 0) is 72.8 Å². The van der Waals surface area contributed by atoms with Crippen molar-refractivity contribution in [3.63, 3.8) is 0 Å². The van der Waals surface area contributed by atoms with Crippen LogP contribution < -0.4 is 10.1 Å². The Labute approximate surface area is 164 Å². The number of nitrogens with one attached hydrogen (secondary N) is 2. The van der Waals surface area contributed by atoms with Crippen LogP contribution in [0, 0.1) is 17.2 Å². The minimum atomic E-state index is 0.554. The van der Waals surface area contributed by atoms with Gasteiger partial charge in [0.05, 0.1) is 18.4 Å². The first kappa shape index (κ1) is 18.2. The Morgan fingerprint density at radius 2 is 2.00 bits per heavy atom. The van der Waals surface area contributed by atoms with Gasteiger partial charge in [0.2, 0.25) is 0 Å². The van der Waals surface area contributed by atoms with Gasteiger partial charge in [0.1, 0.15) is 11.8 Å². The molecule has 0 unspecified atom stereocenters. The largest absolute Gasteiger partial charge is 0.492 e. The molecule has 28 heavy (non-hydrogen) atoms. The minimum absolute atomic E-state index is 0.554. The third kappa shape index (κ3) is 4.38. The van der Waals surface area contributed by atoms with E-state index in [0.29, 0.717) is 30.3 Å². The minimum Gasteiger partial charge on any atom is -0.492 e. The number of nitrogens with zero attached hydrogens (tertiary/aromatic N) is 3. The first-order valence-electron chi connectivity index (χ1n) is 9.62. The quantitative estimate of drug-likeness (QED) is 0.692. The van der Waals surface area contributed by atoms with E-state index in [-0.39, 0.29) is 0 Å². The first-order valence-corrected chi connectivity index (χ1v) is 9.62. The molecule has 2 N–H and O–H groups in total. The number of aromatic nitrogens is 3. The molecule has 0 spiro atoms. The number of H-pyrrole nitrogens is 1. The predicted molar refractivity (Wildman–Crippen MR) is 107 cm³/mol. The monoisotopic (exact) mass is 373 g/mol. The molecule has 6 heteroatoms. The molecule has 0 aliphatic carbocycles. The van der Waals surface area contributed by atoms with E-state index in [4.69, 9.17) is 4.74 Å². The molecule has 2 aromatic heterocycles. The zero-order valence-electron chi connectivity index (χ0n) is 15.7. The maximum atomic E-state index is 9.59. The standard InChI is InChI=1S/C22H23N5O/c23-12-20-10-18(1-2-22(20)28-15-16-3-6-24-7-4-16)19-5-8-25-21(11-19)9-17-13-26-27-14-17/h1-2,5,8,10-11,13-14,16,24H,3-4,6-7,9,15H2,(H,26,27). The molecule has 3 aromatic rings. The summed E-state index contributed by atoms with van der Waals surface area (Å²) in [6, 6.07) is 12.1. The van der Waals surface area contributed by atoms with E-state index >= 15 is 0 Å². The van der Waals surface area contributed by atoms with Crippen LogP contribution in [0.25, 0.3) is 11.1 Å². The zero-order valence-corrected chi connectivity index (χ0v) is 15.7. The second-order valence-corrected chi connectivity index (χ2v) is 7.15. The van der Waals surface area contributed by atoms with E-state index in [0.717, 1.165) is 48.3 Å². The van der Waals surface area contributed by atoms with Crippen LogP contribution in [0.1, 0.15) is 29.7 Å². The van der Waals surface area contributed by atoms with Gasteiger partial charge in [-0.2, -0.15) is 10.4 Å². The summed E-state index contributed by atoms with van der Waals surface area (Å²) < 4.78 is 5.98. The molecule has 1 aromatic carbocycles. The lowest BCUT2D eigenvalue weighted by atomic mass is 9.99. The lowest BCUT2D eigenvalue weighted by Crippen LogP contribution is -2.30. The smallest absolute Gasteiger partial charge is 0.137 e. The predicted octanol–water partition coefficient (Wildman–Crippen LogP) is 3.31. The molecule has 1 aliphatic heterocycles. The SMILES string of the molecule is N#Cc1cc(-c2ccnc(Cc3cn[nH]c3)c2)ccc1OCC1CCNCC1. The zero-order chi connectivity index (χ0) is 19.2. The number of benzene rings is 1. The Bertz CT molecular complexity index is 955. The van der Waals surface area contributed by atoms with Gasteiger partial charge in [0.15, 0.2) is 0 Å². The summed E-state index contributed by atoms with van der Waals surface area (Å²) >= 11 is 0. The third-order valence-corrected chi connectivity index (χ3v) is 5.12. The summed E-state index contributed by atoms with van der Waals surface area (Å²) in [4.78, 5) is 4.44. The Balaban J connectivity index is 1.50. The van der Waals surface area contributed by atoms with Crippen molar-refractivity contribution in [2.45, 2.75) is 19.3 Å². The Kier molecular flexibility index (Phi) is 5.64. The molecule has 1 aliphatic rings. The third-order valence-electron chi connectivity index (χ3n) is 5.12. The van der Waals surface area contributed by atoms with Crippen molar-refractivity contribution >= 4 is 0 Å². The van der Waals surface area contributed by atoms with Gasteiger partial charge in [-0.15, -0.1) is 0 Å². The van der Waals surface area contributed by atoms with Crippen molar-refractivity contribution in [2.75, 3.05) is 19.7 Å². The van der Waals surface area contributed by atoms with Crippen LogP contribution in [0.2, 0.25) is 0 Å². The topological polar surface area (TPSA) is 86.6 Å². The fraction of sp³-hybridized carbons (Fsp3) is 0.318. The van der Waals surface area contributed by atoms with Crippen LogP contribution >= 0.6 is 0 Å². The second kappa shape index (κ2) is 8.68. The molecule has 0 radical (unpaired) electrons. The molecule has 1 saturated heterocycles. The Morgan fingerprint density at radius 3 is 2.79 bits per heavy atom. The summed E-state index contributed by atoms with van der Waals surface area (Å²) in [5, 5.41) is 19.7. The number of piperidine rings is 1. The van der Waals surface area contributed by atoms with E-state index in [1.54, 1.807) is 12.4 Å².